The van der Waals surface area contributed by atoms with Crippen LogP contribution in [-0.2, 0) is 10.2 Å². The van der Waals surface area contributed by atoms with Gasteiger partial charge < -0.3 is 0 Å². The molecule has 6 heteroatoms. The molecule has 0 heterocycles. The molecule has 5 nitrogen and oxygen atoms in total. The maximum Gasteiger partial charge on any atom is 0.278 e. The highest BCUT2D eigenvalue weighted by Crippen LogP contribution is 2.19. The summed E-state index contributed by atoms with van der Waals surface area (Å²) in [7, 11) is -3.45. The van der Waals surface area contributed by atoms with Gasteiger partial charge in [-0.3, -0.25) is 0 Å². The van der Waals surface area contributed by atoms with Crippen LogP contribution in [0.1, 0.15) is 19.8 Å². The zero-order valence-electron chi connectivity index (χ0n) is 6.74. The number of hydrogen-bond acceptors (Lipinski definition) is 3. The molecule has 0 aromatic rings. The first kappa shape index (κ1) is 9.45. The smallest absolute Gasteiger partial charge is 0.199 e. The molecular weight excluding hydrogens is 178 g/mol. The first-order chi connectivity index (χ1) is 5.53. The normalized spacial score (nSPS) is 20.0. The Balaban J connectivity index is 2.43. The van der Waals surface area contributed by atoms with E-state index in [1.54, 1.807) is 6.07 Å². The van der Waals surface area contributed by atoms with Crippen molar-refractivity contribution in [3.05, 3.63) is 0 Å². The van der Waals surface area contributed by atoms with Crippen LogP contribution >= 0.6 is 0 Å². The number of nitrogens with zero attached hydrogens (tertiary/aromatic N) is 1. The van der Waals surface area contributed by atoms with E-state index in [2.05, 4.69) is 9.44 Å². The summed E-state index contributed by atoms with van der Waals surface area (Å²) in [5.74, 6) is 0. The molecule has 1 atom stereocenters. The van der Waals surface area contributed by atoms with Crippen molar-refractivity contribution in [2.24, 2.45) is 0 Å². The van der Waals surface area contributed by atoms with Crippen LogP contribution in [0.25, 0.3) is 0 Å². The Labute approximate surface area is 71.9 Å². The van der Waals surface area contributed by atoms with Gasteiger partial charge in [-0.25, -0.2) is 0 Å². The Kier molecular flexibility index (Phi) is 2.67. The van der Waals surface area contributed by atoms with E-state index in [1.807, 2.05) is 0 Å². The van der Waals surface area contributed by atoms with Crippen LogP contribution in [0.2, 0.25) is 0 Å². The highest BCUT2D eigenvalue weighted by Gasteiger charge is 2.27. The minimum atomic E-state index is -3.45. The van der Waals surface area contributed by atoms with E-state index in [0.29, 0.717) is 0 Å². The van der Waals surface area contributed by atoms with E-state index in [4.69, 9.17) is 5.26 Å². The van der Waals surface area contributed by atoms with Crippen molar-refractivity contribution in [2.75, 3.05) is 0 Å². The zero-order valence-corrected chi connectivity index (χ0v) is 7.56. The minimum Gasteiger partial charge on any atom is -0.199 e. The summed E-state index contributed by atoms with van der Waals surface area (Å²) < 4.78 is 26.7. The molecule has 2 N–H and O–H groups in total. The van der Waals surface area contributed by atoms with Gasteiger partial charge in [0.2, 0.25) is 0 Å². The molecule has 0 aliphatic heterocycles. The van der Waals surface area contributed by atoms with E-state index in [-0.39, 0.29) is 6.04 Å². The van der Waals surface area contributed by atoms with Gasteiger partial charge in [0.1, 0.15) is 6.04 Å². The van der Waals surface area contributed by atoms with Gasteiger partial charge in [-0.15, -0.1) is 0 Å². The lowest BCUT2D eigenvalue weighted by Gasteiger charge is -2.07. The largest absolute Gasteiger partial charge is 0.278 e. The molecule has 1 unspecified atom stereocenters. The first-order valence-corrected chi connectivity index (χ1v) is 5.21. The summed E-state index contributed by atoms with van der Waals surface area (Å²) in [5, 5.41) is 8.34. The summed E-state index contributed by atoms with van der Waals surface area (Å²) in [6.45, 7) is 1.49. The number of nitrogens with one attached hydrogen (secondary N) is 2. The molecule has 1 saturated carbocycles. The van der Waals surface area contributed by atoms with Crippen LogP contribution in [0.5, 0.6) is 0 Å². The van der Waals surface area contributed by atoms with Crippen LogP contribution in [0.15, 0.2) is 0 Å². The fourth-order valence-electron chi connectivity index (χ4n) is 0.714. The quantitative estimate of drug-likeness (QED) is 0.624. The van der Waals surface area contributed by atoms with Crippen LogP contribution in [-0.4, -0.2) is 20.5 Å². The van der Waals surface area contributed by atoms with Crippen LogP contribution in [0, 0.1) is 11.3 Å². The molecule has 0 aromatic carbocycles. The molecule has 0 bridgehead atoms. The summed E-state index contributed by atoms with van der Waals surface area (Å²) >= 11 is 0. The summed E-state index contributed by atoms with van der Waals surface area (Å²) in [6.07, 6.45) is 1.78. The topological polar surface area (TPSA) is 82.0 Å². The summed E-state index contributed by atoms with van der Waals surface area (Å²) in [5.41, 5.74) is 0. The number of nitriles is 1. The molecule has 68 valence electrons. The Bertz CT molecular complexity index is 288. The third kappa shape index (κ3) is 3.17. The van der Waals surface area contributed by atoms with Crippen molar-refractivity contribution in [1.82, 2.24) is 9.44 Å². The van der Waals surface area contributed by atoms with Gasteiger partial charge in [-0.1, -0.05) is 0 Å². The van der Waals surface area contributed by atoms with Gasteiger partial charge >= 0.3 is 0 Å². The van der Waals surface area contributed by atoms with Crippen molar-refractivity contribution >= 4 is 10.2 Å². The molecular formula is C6H11N3O2S. The number of rotatable bonds is 4. The van der Waals surface area contributed by atoms with E-state index in [9.17, 15) is 8.42 Å². The van der Waals surface area contributed by atoms with Gasteiger partial charge in [0.15, 0.2) is 0 Å². The Morgan fingerprint density at radius 2 is 2.17 bits per heavy atom. The second kappa shape index (κ2) is 3.39. The van der Waals surface area contributed by atoms with Crippen molar-refractivity contribution in [3.63, 3.8) is 0 Å². The van der Waals surface area contributed by atoms with E-state index in [1.165, 1.54) is 6.92 Å². The standard InChI is InChI=1S/C6H11N3O2S/c1-5(4-7)8-12(10,11)9-6-2-3-6/h5-6,8-9H,2-3H2,1H3. The van der Waals surface area contributed by atoms with Crippen molar-refractivity contribution in [2.45, 2.75) is 31.8 Å². The third-order valence-electron chi connectivity index (χ3n) is 1.42. The lowest BCUT2D eigenvalue weighted by atomic mass is 10.4. The fraction of sp³-hybridized carbons (Fsp3) is 0.833. The second-order valence-electron chi connectivity index (χ2n) is 2.86. The molecule has 0 spiro atoms. The van der Waals surface area contributed by atoms with Crippen LogP contribution in [0.4, 0.5) is 0 Å². The lowest BCUT2D eigenvalue weighted by molar-refractivity contribution is 0.561. The van der Waals surface area contributed by atoms with E-state index >= 15 is 0 Å². The van der Waals surface area contributed by atoms with Gasteiger partial charge in [0.25, 0.3) is 10.2 Å². The van der Waals surface area contributed by atoms with Crippen molar-refractivity contribution in [1.29, 1.82) is 5.26 Å². The summed E-state index contributed by atoms with van der Waals surface area (Å²) in [4.78, 5) is 0. The average Bonchev–Trinajstić information content (AvgIpc) is 2.69. The molecule has 0 radical (unpaired) electrons. The average molecular weight is 189 g/mol. The summed E-state index contributed by atoms with van der Waals surface area (Å²) in [6, 6.07) is 1.18. The highest BCUT2D eigenvalue weighted by molar-refractivity contribution is 7.87. The van der Waals surface area contributed by atoms with Crippen LogP contribution in [0.3, 0.4) is 0 Å². The van der Waals surface area contributed by atoms with Crippen molar-refractivity contribution in [3.8, 4) is 6.07 Å². The maximum absolute atomic E-state index is 11.1. The first-order valence-electron chi connectivity index (χ1n) is 3.73. The van der Waals surface area contributed by atoms with Gasteiger partial charge in [0.05, 0.1) is 6.07 Å². The van der Waals surface area contributed by atoms with Gasteiger partial charge in [-0.2, -0.15) is 23.1 Å². The fourth-order valence-corrected chi connectivity index (χ4v) is 1.97. The predicted octanol–water partition coefficient (Wildman–Crippen LogP) is -0.515. The monoisotopic (exact) mass is 189 g/mol. The predicted molar refractivity (Wildman–Crippen MR) is 43.3 cm³/mol. The van der Waals surface area contributed by atoms with E-state index in [0.717, 1.165) is 12.8 Å². The lowest BCUT2D eigenvalue weighted by Crippen LogP contribution is -2.41. The zero-order chi connectivity index (χ0) is 9.19. The maximum atomic E-state index is 11.1. The molecule has 1 rings (SSSR count). The second-order valence-corrected chi connectivity index (χ2v) is 4.34. The SMILES string of the molecule is CC(C#N)NS(=O)(=O)NC1CC1. The molecule has 12 heavy (non-hydrogen) atoms. The van der Waals surface area contributed by atoms with Gasteiger partial charge in [0, 0.05) is 6.04 Å². The highest BCUT2D eigenvalue weighted by atomic mass is 32.2. The molecule has 0 amide bonds. The van der Waals surface area contributed by atoms with E-state index < -0.39 is 16.3 Å². The Morgan fingerprint density at radius 1 is 1.58 bits per heavy atom. The van der Waals surface area contributed by atoms with Gasteiger partial charge in [-0.05, 0) is 19.8 Å². The Hall–Kier alpha value is -0.640. The molecule has 0 saturated heterocycles. The number of hydrogen-bond donors (Lipinski definition) is 2. The van der Waals surface area contributed by atoms with Crippen molar-refractivity contribution < 1.29 is 8.42 Å². The molecule has 1 fully saturated rings. The third-order valence-corrected chi connectivity index (χ3v) is 2.73. The Morgan fingerprint density at radius 3 is 2.58 bits per heavy atom. The minimum absolute atomic E-state index is 0.0772. The van der Waals surface area contributed by atoms with Crippen LogP contribution < -0.4 is 9.44 Å². The molecule has 1 aliphatic rings. The molecule has 1 aliphatic carbocycles. The molecule has 0 aromatic heterocycles.